The Morgan fingerprint density at radius 1 is 1.26 bits per heavy atom. The number of hydrogen-bond donors (Lipinski definition) is 2. The molecule has 0 unspecified atom stereocenters. The minimum atomic E-state index is -0.696. The van der Waals surface area contributed by atoms with Gasteiger partial charge in [-0.15, -0.1) is 0 Å². The Balaban J connectivity index is 1.95. The van der Waals surface area contributed by atoms with Crippen LogP contribution >= 0.6 is 0 Å². The van der Waals surface area contributed by atoms with E-state index in [2.05, 4.69) is 0 Å². The molecule has 102 valence electrons. The molecule has 2 aromatic rings. The number of ether oxygens (including phenoxy) is 1. The Bertz CT molecular complexity index is 590. The van der Waals surface area contributed by atoms with E-state index in [1.165, 1.54) is 6.07 Å². The second kappa shape index (κ2) is 6.36. The summed E-state index contributed by atoms with van der Waals surface area (Å²) in [4.78, 5) is 11.1. The minimum Gasteiger partial charge on any atom is -0.493 e. The lowest BCUT2D eigenvalue weighted by Gasteiger charge is -2.08. The highest BCUT2D eigenvalue weighted by Crippen LogP contribution is 2.19. The van der Waals surface area contributed by atoms with Gasteiger partial charge >= 0.3 is 5.63 Å². The zero-order chi connectivity index (χ0) is 13.7. The van der Waals surface area contributed by atoms with Gasteiger partial charge in [0.2, 0.25) is 0 Å². The van der Waals surface area contributed by atoms with Crippen LogP contribution in [-0.4, -0.2) is 29.5 Å². The molecule has 1 atom stereocenters. The SMILES string of the molecule is O=c1ccc2ccc(OCCC[C@H](O)CO)cc2o1. The van der Waals surface area contributed by atoms with Crippen molar-refractivity contribution in [2.75, 3.05) is 13.2 Å². The van der Waals surface area contributed by atoms with Gasteiger partial charge in [-0.25, -0.2) is 4.79 Å². The zero-order valence-corrected chi connectivity index (χ0v) is 10.4. The van der Waals surface area contributed by atoms with Crippen molar-refractivity contribution >= 4 is 11.0 Å². The Kier molecular flexibility index (Phi) is 4.54. The second-order valence-electron chi connectivity index (χ2n) is 4.28. The van der Waals surface area contributed by atoms with E-state index in [1.807, 2.05) is 6.07 Å². The number of benzene rings is 1. The van der Waals surface area contributed by atoms with E-state index in [0.29, 0.717) is 30.8 Å². The molecule has 0 radical (unpaired) electrons. The summed E-state index contributed by atoms with van der Waals surface area (Å²) < 4.78 is 10.5. The molecule has 1 aromatic heterocycles. The third-order valence-corrected chi connectivity index (χ3v) is 2.76. The van der Waals surface area contributed by atoms with E-state index >= 15 is 0 Å². The fraction of sp³-hybridized carbons (Fsp3) is 0.357. The maximum atomic E-state index is 11.1. The van der Waals surface area contributed by atoms with E-state index < -0.39 is 11.7 Å². The van der Waals surface area contributed by atoms with Gasteiger partial charge < -0.3 is 19.4 Å². The molecule has 2 N–H and O–H groups in total. The van der Waals surface area contributed by atoms with Gasteiger partial charge in [-0.1, -0.05) is 0 Å². The third kappa shape index (κ3) is 3.81. The summed E-state index contributed by atoms with van der Waals surface area (Å²) in [5, 5.41) is 18.7. The number of aliphatic hydroxyl groups excluding tert-OH is 2. The summed E-state index contributed by atoms with van der Waals surface area (Å²) in [6.45, 7) is 0.195. The molecule has 0 aliphatic heterocycles. The summed E-state index contributed by atoms with van der Waals surface area (Å²) in [5.74, 6) is 0.611. The average molecular weight is 264 g/mol. The molecule has 0 spiro atoms. The molecule has 0 aliphatic rings. The lowest BCUT2D eigenvalue weighted by Crippen LogP contribution is -2.13. The third-order valence-electron chi connectivity index (χ3n) is 2.76. The first-order valence-electron chi connectivity index (χ1n) is 6.14. The standard InChI is InChI=1S/C14H16O5/c15-9-11(16)2-1-7-18-12-5-3-10-4-6-14(17)19-13(10)8-12/h3-6,8,11,15-16H,1-2,7,9H2/t11-/m0/s1. The minimum absolute atomic E-state index is 0.235. The summed E-state index contributed by atoms with van der Waals surface area (Å²) in [6, 6.07) is 8.35. The van der Waals surface area contributed by atoms with Crippen LogP contribution in [0.25, 0.3) is 11.0 Å². The van der Waals surface area contributed by atoms with Gasteiger partial charge in [-0.3, -0.25) is 0 Å². The smallest absolute Gasteiger partial charge is 0.336 e. The van der Waals surface area contributed by atoms with Gasteiger partial charge in [0.05, 0.1) is 19.3 Å². The predicted octanol–water partition coefficient (Wildman–Crippen LogP) is 1.31. The van der Waals surface area contributed by atoms with Crippen molar-refractivity contribution in [3.8, 4) is 5.75 Å². The van der Waals surface area contributed by atoms with E-state index in [9.17, 15) is 9.90 Å². The van der Waals surface area contributed by atoms with Crippen LogP contribution in [0.1, 0.15) is 12.8 Å². The van der Waals surface area contributed by atoms with Crippen LogP contribution in [0, 0.1) is 0 Å². The Labute approximate surface area is 110 Å². The highest BCUT2D eigenvalue weighted by molar-refractivity contribution is 5.77. The monoisotopic (exact) mass is 264 g/mol. The molecule has 0 aliphatic carbocycles. The molecular formula is C14H16O5. The normalized spacial score (nSPS) is 12.5. The van der Waals surface area contributed by atoms with Crippen LogP contribution in [0.4, 0.5) is 0 Å². The fourth-order valence-electron chi connectivity index (χ4n) is 1.73. The van der Waals surface area contributed by atoms with Crippen LogP contribution in [0.3, 0.4) is 0 Å². The van der Waals surface area contributed by atoms with Gasteiger partial charge in [0, 0.05) is 17.5 Å². The molecule has 5 nitrogen and oxygen atoms in total. The maximum absolute atomic E-state index is 11.1. The van der Waals surface area contributed by atoms with E-state index in [4.69, 9.17) is 14.3 Å². The van der Waals surface area contributed by atoms with Crippen molar-refractivity contribution in [1.82, 2.24) is 0 Å². The molecule has 0 saturated carbocycles. The number of aliphatic hydroxyl groups is 2. The highest BCUT2D eigenvalue weighted by atomic mass is 16.5. The summed E-state index contributed by atoms with van der Waals surface area (Å²) in [6.07, 6.45) is 0.427. The second-order valence-corrected chi connectivity index (χ2v) is 4.28. The number of rotatable bonds is 6. The van der Waals surface area contributed by atoms with Crippen molar-refractivity contribution in [2.24, 2.45) is 0 Å². The van der Waals surface area contributed by atoms with Gasteiger partial charge in [-0.05, 0) is 31.0 Å². The van der Waals surface area contributed by atoms with E-state index in [0.717, 1.165) is 5.39 Å². The summed E-state index contributed by atoms with van der Waals surface area (Å²) in [5.41, 5.74) is 0.0936. The largest absolute Gasteiger partial charge is 0.493 e. The Hall–Kier alpha value is -1.85. The average Bonchev–Trinajstić information content (AvgIpc) is 2.42. The molecule has 5 heteroatoms. The van der Waals surface area contributed by atoms with Gasteiger partial charge in [-0.2, -0.15) is 0 Å². The quantitative estimate of drug-likeness (QED) is 0.607. The molecule has 1 heterocycles. The van der Waals surface area contributed by atoms with Crippen molar-refractivity contribution < 1.29 is 19.4 Å². The van der Waals surface area contributed by atoms with Crippen LogP contribution in [0.15, 0.2) is 39.5 Å². The van der Waals surface area contributed by atoms with Crippen molar-refractivity contribution in [3.05, 3.63) is 40.8 Å². The predicted molar refractivity (Wildman–Crippen MR) is 70.3 cm³/mol. The van der Waals surface area contributed by atoms with E-state index in [-0.39, 0.29) is 6.61 Å². The highest BCUT2D eigenvalue weighted by Gasteiger charge is 2.03. The topological polar surface area (TPSA) is 79.9 Å². The fourth-order valence-corrected chi connectivity index (χ4v) is 1.73. The molecule has 0 fully saturated rings. The lowest BCUT2D eigenvalue weighted by atomic mass is 10.2. The van der Waals surface area contributed by atoms with Crippen LogP contribution < -0.4 is 10.4 Å². The first-order valence-corrected chi connectivity index (χ1v) is 6.14. The first kappa shape index (κ1) is 13.6. The Morgan fingerprint density at radius 3 is 2.84 bits per heavy atom. The summed E-state index contributed by atoms with van der Waals surface area (Å²) >= 11 is 0. The number of hydrogen-bond acceptors (Lipinski definition) is 5. The van der Waals surface area contributed by atoms with Crippen LogP contribution in [0.2, 0.25) is 0 Å². The van der Waals surface area contributed by atoms with Crippen molar-refractivity contribution in [1.29, 1.82) is 0 Å². The van der Waals surface area contributed by atoms with Gasteiger partial charge in [0.1, 0.15) is 11.3 Å². The molecule has 0 bridgehead atoms. The van der Waals surface area contributed by atoms with Crippen molar-refractivity contribution in [3.63, 3.8) is 0 Å². The molecular weight excluding hydrogens is 248 g/mol. The molecule has 0 saturated heterocycles. The molecule has 0 amide bonds. The Morgan fingerprint density at radius 2 is 2.05 bits per heavy atom. The van der Waals surface area contributed by atoms with Crippen LogP contribution in [0.5, 0.6) is 5.75 Å². The van der Waals surface area contributed by atoms with Gasteiger partial charge in [0.15, 0.2) is 0 Å². The molecule has 1 aromatic carbocycles. The van der Waals surface area contributed by atoms with Gasteiger partial charge in [0.25, 0.3) is 0 Å². The molecule has 2 rings (SSSR count). The van der Waals surface area contributed by atoms with E-state index in [1.54, 1.807) is 18.2 Å². The van der Waals surface area contributed by atoms with Crippen molar-refractivity contribution in [2.45, 2.75) is 18.9 Å². The van der Waals surface area contributed by atoms with Crippen LogP contribution in [-0.2, 0) is 0 Å². The molecule has 19 heavy (non-hydrogen) atoms. The zero-order valence-electron chi connectivity index (χ0n) is 10.4. The lowest BCUT2D eigenvalue weighted by molar-refractivity contribution is 0.0828. The number of fused-ring (bicyclic) bond motifs is 1. The maximum Gasteiger partial charge on any atom is 0.336 e. The first-order chi connectivity index (χ1) is 9.19. The summed E-state index contributed by atoms with van der Waals surface area (Å²) in [7, 11) is 0.